The first-order chi connectivity index (χ1) is 12.4. The molecule has 4 rings (SSSR count). The Bertz CT molecular complexity index is 886. The smallest absolute Gasteiger partial charge is 0.243 e. The first kappa shape index (κ1) is 18.4. The third kappa shape index (κ3) is 3.31. The Kier molecular flexibility index (Phi) is 4.85. The molecule has 1 saturated carbocycles. The van der Waals surface area contributed by atoms with E-state index in [9.17, 15) is 16.8 Å². The highest BCUT2D eigenvalue weighted by molar-refractivity contribution is 7.90. The van der Waals surface area contributed by atoms with Gasteiger partial charge in [0.1, 0.15) is 0 Å². The molecule has 9 heteroatoms. The fourth-order valence-corrected chi connectivity index (χ4v) is 7.30. The van der Waals surface area contributed by atoms with Gasteiger partial charge in [-0.1, -0.05) is 18.9 Å². The van der Waals surface area contributed by atoms with Gasteiger partial charge >= 0.3 is 0 Å². The van der Waals surface area contributed by atoms with Crippen molar-refractivity contribution in [2.75, 3.05) is 26.3 Å². The minimum atomic E-state index is -3.71. The lowest BCUT2D eigenvalue weighted by atomic mass is 9.93. The number of ether oxygens (including phenoxy) is 1. The van der Waals surface area contributed by atoms with Crippen molar-refractivity contribution in [2.45, 2.75) is 47.9 Å². The predicted octanol–water partition coefficient (Wildman–Crippen LogP) is 1.10. The highest BCUT2D eigenvalue weighted by Crippen LogP contribution is 2.34. The number of fused-ring (bicyclic) bond motifs is 1. The molecule has 1 aromatic rings. The van der Waals surface area contributed by atoms with Crippen molar-refractivity contribution in [3.05, 3.63) is 23.8 Å². The number of hydrogen-bond acceptors (Lipinski definition) is 5. The van der Waals surface area contributed by atoms with Gasteiger partial charge in [-0.05, 0) is 42.9 Å². The summed E-state index contributed by atoms with van der Waals surface area (Å²) in [5.41, 5.74) is 0.710. The van der Waals surface area contributed by atoms with Gasteiger partial charge in [0.25, 0.3) is 0 Å². The van der Waals surface area contributed by atoms with Crippen LogP contribution in [0.15, 0.2) is 28.0 Å². The van der Waals surface area contributed by atoms with Crippen molar-refractivity contribution in [1.29, 1.82) is 0 Å². The molecule has 7 nitrogen and oxygen atoms in total. The second-order valence-electron chi connectivity index (χ2n) is 7.26. The zero-order valence-electron chi connectivity index (χ0n) is 14.6. The Morgan fingerprint density at radius 2 is 1.81 bits per heavy atom. The molecule has 0 amide bonds. The lowest BCUT2D eigenvalue weighted by Gasteiger charge is -2.31. The van der Waals surface area contributed by atoms with Crippen LogP contribution in [0.2, 0.25) is 0 Å². The first-order valence-electron chi connectivity index (χ1n) is 9.11. The summed E-state index contributed by atoms with van der Waals surface area (Å²) in [6, 6.07) is 4.43. The van der Waals surface area contributed by atoms with E-state index in [-0.39, 0.29) is 28.9 Å². The maximum Gasteiger partial charge on any atom is 0.243 e. The molecule has 1 aromatic carbocycles. The van der Waals surface area contributed by atoms with Crippen molar-refractivity contribution in [2.24, 2.45) is 5.92 Å². The maximum atomic E-state index is 12.8. The summed E-state index contributed by atoms with van der Waals surface area (Å²) in [4.78, 5) is 0.129. The van der Waals surface area contributed by atoms with Gasteiger partial charge in [0, 0.05) is 19.1 Å². The van der Waals surface area contributed by atoms with Gasteiger partial charge < -0.3 is 4.74 Å². The van der Waals surface area contributed by atoms with Crippen molar-refractivity contribution < 1.29 is 21.6 Å². The molecule has 2 heterocycles. The number of rotatable bonds is 3. The van der Waals surface area contributed by atoms with Gasteiger partial charge in [0.05, 0.1) is 23.0 Å². The zero-order valence-corrected chi connectivity index (χ0v) is 16.2. The molecular weight excluding hydrogens is 376 g/mol. The summed E-state index contributed by atoms with van der Waals surface area (Å²) >= 11 is 0. The van der Waals surface area contributed by atoms with Crippen LogP contribution in [0.25, 0.3) is 0 Å². The van der Waals surface area contributed by atoms with E-state index < -0.39 is 20.0 Å². The third-order valence-electron chi connectivity index (χ3n) is 5.65. The molecule has 144 valence electrons. The Labute approximate surface area is 154 Å². The molecule has 2 fully saturated rings. The van der Waals surface area contributed by atoms with E-state index in [2.05, 4.69) is 4.72 Å². The second kappa shape index (κ2) is 6.87. The van der Waals surface area contributed by atoms with Crippen molar-refractivity contribution in [1.82, 2.24) is 9.03 Å². The predicted molar refractivity (Wildman–Crippen MR) is 95.8 cm³/mol. The summed E-state index contributed by atoms with van der Waals surface area (Å²) in [5, 5.41) is 0. The van der Waals surface area contributed by atoms with E-state index >= 15 is 0 Å². The van der Waals surface area contributed by atoms with E-state index in [0.717, 1.165) is 25.7 Å². The average molecular weight is 401 g/mol. The van der Waals surface area contributed by atoms with Crippen molar-refractivity contribution >= 4 is 20.0 Å². The van der Waals surface area contributed by atoms with Crippen LogP contribution in [0.3, 0.4) is 0 Å². The van der Waals surface area contributed by atoms with Gasteiger partial charge in [-0.25, -0.2) is 21.6 Å². The minimum Gasteiger partial charge on any atom is -0.379 e. The summed E-state index contributed by atoms with van der Waals surface area (Å²) in [5.74, 6) is 0.370. The summed E-state index contributed by atoms with van der Waals surface area (Å²) in [6.07, 6.45) is 5.01. The molecule has 0 spiro atoms. The molecular formula is C17H24N2O5S2. The minimum absolute atomic E-state index is 0.0304. The summed E-state index contributed by atoms with van der Waals surface area (Å²) < 4.78 is 60.5. The molecule has 0 bridgehead atoms. The van der Waals surface area contributed by atoms with Crippen molar-refractivity contribution in [3.63, 3.8) is 0 Å². The third-order valence-corrected chi connectivity index (χ3v) is 9.12. The molecule has 1 atom stereocenters. The Hall–Kier alpha value is -1.00. The van der Waals surface area contributed by atoms with E-state index in [1.165, 1.54) is 16.4 Å². The van der Waals surface area contributed by atoms with Gasteiger partial charge in [0.2, 0.25) is 20.0 Å². The molecule has 1 unspecified atom stereocenters. The molecule has 0 radical (unpaired) electrons. The Morgan fingerprint density at radius 3 is 2.50 bits per heavy atom. The molecule has 0 aromatic heterocycles. The largest absolute Gasteiger partial charge is 0.379 e. The molecule has 1 aliphatic carbocycles. The van der Waals surface area contributed by atoms with Crippen LogP contribution >= 0.6 is 0 Å². The molecule has 2 aliphatic heterocycles. The molecule has 1 saturated heterocycles. The highest BCUT2D eigenvalue weighted by atomic mass is 32.2. The standard InChI is InChI=1S/C17H24N2O5S2/c20-25(21)17-12-15(26(22,23)19-7-9-24-10-8-19)6-5-14(17)11-16(18-25)13-3-1-2-4-13/h5-6,12-13,16,18H,1-4,7-11H2. The Balaban J connectivity index is 1.66. The van der Waals surface area contributed by atoms with E-state index in [1.807, 2.05) is 0 Å². The fourth-order valence-electron chi connectivity index (χ4n) is 4.21. The fraction of sp³-hybridized carbons (Fsp3) is 0.647. The van der Waals surface area contributed by atoms with Gasteiger partial charge in [-0.2, -0.15) is 4.31 Å². The topological polar surface area (TPSA) is 92.8 Å². The van der Waals surface area contributed by atoms with Crippen LogP contribution in [0.1, 0.15) is 31.2 Å². The first-order valence-corrected chi connectivity index (χ1v) is 12.0. The van der Waals surface area contributed by atoms with Crippen LogP contribution in [0.4, 0.5) is 0 Å². The SMILES string of the molecule is O=S1(=O)NC(C2CCCC2)Cc2ccc(S(=O)(=O)N3CCOCC3)cc21. The maximum absolute atomic E-state index is 12.8. The highest BCUT2D eigenvalue weighted by Gasteiger charge is 2.36. The van der Waals surface area contributed by atoms with Crippen LogP contribution in [0.5, 0.6) is 0 Å². The number of nitrogens with zero attached hydrogens (tertiary/aromatic N) is 1. The van der Waals surface area contributed by atoms with Crippen molar-refractivity contribution in [3.8, 4) is 0 Å². The van der Waals surface area contributed by atoms with E-state index in [1.54, 1.807) is 6.07 Å². The zero-order chi connectivity index (χ0) is 18.4. The summed E-state index contributed by atoms with van der Waals surface area (Å²) in [6.45, 7) is 1.28. The van der Waals surface area contributed by atoms with Crippen LogP contribution < -0.4 is 4.72 Å². The van der Waals surface area contributed by atoms with Gasteiger partial charge in [-0.15, -0.1) is 0 Å². The molecule has 26 heavy (non-hydrogen) atoms. The van der Waals surface area contributed by atoms with Crippen LogP contribution in [-0.2, 0) is 31.2 Å². The quantitative estimate of drug-likeness (QED) is 0.820. The van der Waals surface area contributed by atoms with E-state index in [4.69, 9.17) is 4.74 Å². The number of morpholine rings is 1. The van der Waals surface area contributed by atoms with Gasteiger partial charge in [-0.3, -0.25) is 0 Å². The lowest BCUT2D eigenvalue weighted by Crippen LogP contribution is -2.45. The number of hydrogen-bond donors (Lipinski definition) is 1. The second-order valence-corrected chi connectivity index (χ2v) is 10.9. The van der Waals surface area contributed by atoms with Crippen LogP contribution in [-0.4, -0.2) is 53.5 Å². The molecule has 3 aliphatic rings. The number of nitrogens with one attached hydrogen (secondary N) is 1. The van der Waals surface area contributed by atoms with Gasteiger partial charge in [0.15, 0.2) is 0 Å². The average Bonchev–Trinajstić information content (AvgIpc) is 3.16. The normalized spacial score (nSPS) is 27.3. The molecule has 1 N–H and O–H groups in total. The summed E-state index contributed by atoms with van der Waals surface area (Å²) in [7, 11) is -7.41. The lowest BCUT2D eigenvalue weighted by molar-refractivity contribution is 0.0730. The van der Waals surface area contributed by atoms with E-state index in [0.29, 0.717) is 31.1 Å². The Morgan fingerprint density at radius 1 is 1.12 bits per heavy atom. The number of sulfonamides is 2. The van der Waals surface area contributed by atoms with Crippen LogP contribution in [0, 0.1) is 5.92 Å². The monoisotopic (exact) mass is 400 g/mol. The number of benzene rings is 1.